The fraction of sp³-hybridized carbons (Fsp3) is 0.0857. The first-order chi connectivity index (χ1) is 20.0. The number of fused-ring (bicyclic) bond motifs is 14. The molecule has 0 N–H and O–H groups in total. The highest BCUT2D eigenvalue weighted by molar-refractivity contribution is 7.27. The maximum absolute atomic E-state index is 6.75. The molecule has 4 aromatic carbocycles. The van der Waals surface area contributed by atoms with Crippen molar-refractivity contribution in [2.45, 2.75) is 20.8 Å². The lowest BCUT2D eigenvalue weighted by atomic mass is 10.1. The van der Waals surface area contributed by atoms with Crippen molar-refractivity contribution in [2.75, 3.05) is 0 Å². The van der Waals surface area contributed by atoms with Gasteiger partial charge in [0.25, 0.3) is 0 Å². The van der Waals surface area contributed by atoms with Gasteiger partial charge in [-0.1, -0.05) is 29.8 Å². The molecule has 0 aliphatic carbocycles. The molecule has 0 aliphatic heterocycles. The molecule has 0 amide bonds. The zero-order valence-electron chi connectivity index (χ0n) is 22.4. The van der Waals surface area contributed by atoms with Crippen LogP contribution < -0.4 is 0 Å². The lowest BCUT2D eigenvalue weighted by Gasteiger charge is -2.07. The zero-order chi connectivity index (χ0) is 27.1. The van der Waals surface area contributed by atoms with Crippen molar-refractivity contribution in [3.05, 3.63) is 89.5 Å². The quantitative estimate of drug-likeness (QED) is 0.198. The second-order valence-electron chi connectivity index (χ2n) is 11.2. The summed E-state index contributed by atoms with van der Waals surface area (Å²) in [6.07, 6.45) is 0. The number of aromatic nitrogens is 1. The zero-order valence-corrected chi connectivity index (χ0v) is 24.0. The normalized spacial score (nSPS) is 12.8. The van der Waals surface area contributed by atoms with Crippen molar-refractivity contribution >= 4 is 108 Å². The van der Waals surface area contributed by atoms with Gasteiger partial charge in [-0.3, -0.25) is 0 Å². The van der Waals surface area contributed by atoms with Gasteiger partial charge in [-0.2, -0.15) is 0 Å². The minimum absolute atomic E-state index is 0.880. The van der Waals surface area contributed by atoms with Gasteiger partial charge in [0, 0.05) is 31.9 Å². The number of benzene rings is 4. The standard InChI is InChI=1S/C35H21NO3S2/c1-16-4-8-19(9-5-16)36-28-20-10-6-17(2)12-24(20)38-31(28)35-29(36)32-34(41-35)23-15-25-22(14-26(23)39-32)33-30(37-25)21-11-7-18(3)13-27(21)40-33/h4-15H,1-3H3. The van der Waals surface area contributed by atoms with Gasteiger partial charge in [0.2, 0.25) is 0 Å². The number of rotatable bonds is 1. The minimum Gasteiger partial charge on any atom is -0.454 e. The molecular weight excluding hydrogens is 547 g/mol. The van der Waals surface area contributed by atoms with Crippen LogP contribution in [0.5, 0.6) is 0 Å². The Kier molecular flexibility index (Phi) is 4.01. The van der Waals surface area contributed by atoms with Gasteiger partial charge in [-0.05, 0) is 80.4 Å². The molecule has 0 bridgehead atoms. The van der Waals surface area contributed by atoms with E-state index in [4.69, 9.17) is 13.3 Å². The maximum atomic E-state index is 6.75. The van der Waals surface area contributed by atoms with Gasteiger partial charge in [-0.15, -0.1) is 22.7 Å². The molecule has 0 fully saturated rings. The number of hydrogen-bond donors (Lipinski definition) is 0. The first-order valence-electron chi connectivity index (χ1n) is 13.7. The fourth-order valence-corrected chi connectivity index (χ4v) is 8.89. The molecule has 0 spiro atoms. The summed E-state index contributed by atoms with van der Waals surface area (Å²) < 4.78 is 26.8. The lowest BCUT2D eigenvalue weighted by molar-refractivity contribution is 0.667. The van der Waals surface area contributed by atoms with E-state index in [1.807, 2.05) is 0 Å². The molecule has 0 radical (unpaired) electrons. The summed E-state index contributed by atoms with van der Waals surface area (Å²) in [6, 6.07) is 26.0. The first-order valence-corrected chi connectivity index (χ1v) is 15.3. The molecular formula is C35H21NO3S2. The van der Waals surface area contributed by atoms with E-state index < -0.39 is 0 Å². The van der Waals surface area contributed by atoms with Crippen LogP contribution >= 0.6 is 22.7 Å². The summed E-state index contributed by atoms with van der Waals surface area (Å²) in [4.78, 5) is 0. The Hall–Kier alpha value is -4.52. The van der Waals surface area contributed by atoms with E-state index in [-0.39, 0.29) is 0 Å². The molecule has 0 aliphatic rings. The largest absolute Gasteiger partial charge is 0.454 e. The van der Waals surface area contributed by atoms with Crippen LogP contribution in [-0.2, 0) is 0 Å². The third kappa shape index (κ3) is 2.79. The molecule has 6 heterocycles. The maximum Gasteiger partial charge on any atom is 0.171 e. The summed E-state index contributed by atoms with van der Waals surface area (Å²) >= 11 is 3.53. The van der Waals surface area contributed by atoms with Crippen LogP contribution in [0.1, 0.15) is 16.7 Å². The van der Waals surface area contributed by atoms with E-state index in [0.717, 1.165) is 75.8 Å². The van der Waals surface area contributed by atoms with Crippen molar-refractivity contribution < 1.29 is 13.3 Å². The molecule has 6 aromatic heterocycles. The van der Waals surface area contributed by atoms with Crippen LogP contribution in [0.3, 0.4) is 0 Å². The van der Waals surface area contributed by atoms with Gasteiger partial charge in [0.1, 0.15) is 32.5 Å². The number of hydrogen-bond acceptors (Lipinski definition) is 5. The number of aryl methyl sites for hydroxylation is 3. The van der Waals surface area contributed by atoms with E-state index in [9.17, 15) is 0 Å². The van der Waals surface area contributed by atoms with E-state index in [1.165, 1.54) is 31.5 Å². The third-order valence-electron chi connectivity index (χ3n) is 8.40. The molecule has 4 nitrogen and oxygen atoms in total. The van der Waals surface area contributed by atoms with Crippen molar-refractivity contribution in [1.29, 1.82) is 0 Å². The average Bonchev–Trinajstić information content (AvgIpc) is 3.76. The highest BCUT2D eigenvalue weighted by Crippen LogP contribution is 2.50. The number of nitrogens with zero attached hydrogens (tertiary/aromatic N) is 1. The Balaban J connectivity index is 1.33. The summed E-state index contributed by atoms with van der Waals surface area (Å²) in [6.45, 7) is 6.35. The monoisotopic (exact) mass is 567 g/mol. The highest BCUT2D eigenvalue weighted by atomic mass is 32.1. The van der Waals surface area contributed by atoms with Crippen LogP contribution in [0.15, 0.2) is 86.0 Å². The second-order valence-corrected chi connectivity index (χ2v) is 13.3. The average molecular weight is 568 g/mol. The molecule has 0 saturated carbocycles. The van der Waals surface area contributed by atoms with Crippen molar-refractivity contribution in [2.24, 2.45) is 0 Å². The Bertz CT molecular complexity index is 2720. The molecule has 0 atom stereocenters. The predicted octanol–water partition coefficient (Wildman–Crippen LogP) is 11.5. The molecule has 10 aromatic rings. The summed E-state index contributed by atoms with van der Waals surface area (Å²) in [5, 5.41) is 4.46. The molecule has 41 heavy (non-hydrogen) atoms. The van der Waals surface area contributed by atoms with Gasteiger partial charge in [0.05, 0.1) is 9.40 Å². The van der Waals surface area contributed by atoms with E-state index in [1.54, 1.807) is 22.7 Å². The van der Waals surface area contributed by atoms with Crippen molar-refractivity contribution in [1.82, 2.24) is 4.57 Å². The topological polar surface area (TPSA) is 44.4 Å². The first kappa shape index (κ1) is 22.2. The number of furan rings is 3. The second kappa shape index (κ2) is 7.40. The van der Waals surface area contributed by atoms with E-state index in [2.05, 4.69) is 98.1 Å². The Morgan fingerprint density at radius 1 is 0.488 bits per heavy atom. The minimum atomic E-state index is 0.880. The molecule has 6 heteroatoms. The Morgan fingerprint density at radius 2 is 1.07 bits per heavy atom. The van der Waals surface area contributed by atoms with Crippen LogP contribution in [-0.4, -0.2) is 4.57 Å². The summed E-state index contributed by atoms with van der Waals surface area (Å²) in [7, 11) is 0. The lowest BCUT2D eigenvalue weighted by Crippen LogP contribution is -1.93. The third-order valence-corrected chi connectivity index (χ3v) is 10.8. The molecule has 0 saturated heterocycles. The smallest absolute Gasteiger partial charge is 0.171 e. The fourth-order valence-electron chi connectivity index (χ4n) is 6.43. The van der Waals surface area contributed by atoms with Crippen LogP contribution in [0.25, 0.3) is 90.6 Å². The number of thiophene rings is 2. The summed E-state index contributed by atoms with van der Waals surface area (Å²) in [5.41, 5.74) is 12.4. The molecule has 196 valence electrons. The Labute approximate surface area is 240 Å². The molecule has 10 rings (SSSR count). The van der Waals surface area contributed by atoms with E-state index >= 15 is 0 Å². The SMILES string of the molecule is Cc1ccc(-n2c3c4ccc(C)cc4oc3c3sc4c5cc6oc7c8ccc(C)cc8sc7c6cc5oc4c32)cc1. The van der Waals surface area contributed by atoms with Crippen molar-refractivity contribution in [3.63, 3.8) is 0 Å². The van der Waals surface area contributed by atoms with E-state index in [0.29, 0.717) is 0 Å². The van der Waals surface area contributed by atoms with Gasteiger partial charge >= 0.3 is 0 Å². The summed E-state index contributed by atoms with van der Waals surface area (Å²) in [5.74, 6) is 0. The highest BCUT2D eigenvalue weighted by Gasteiger charge is 2.27. The molecule has 0 unspecified atom stereocenters. The van der Waals surface area contributed by atoms with Crippen LogP contribution in [0.2, 0.25) is 0 Å². The van der Waals surface area contributed by atoms with Gasteiger partial charge in [-0.25, -0.2) is 0 Å². The van der Waals surface area contributed by atoms with Gasteiger partial charge in [0.15, 0.2) is 16.7 Å². The predicted molar refractivity (Wildman–Crippen MR) is 173 cm³/mol. The Morgan fingerprint density at radius 3 is 1.83 bits per heavy atom. The van der Waals surface area contributed by atoms with Crippen LogP contribution in [0.4, 0.5) is 0 Å². The van der Waals surface area contributed by atoms with Crippen molar-refractivity contribution in [3.8, 4) is 5.69 Å². The van der Waals surface area contributed by atoms with Crippen LogP contribution in [0, 0.1) is 20.8 Å². The van der Waals surface area contributed by atoms with Gasteiger partial charge < -0.3 is 17.8 Å².